The molecule has 1 aliphatic rings. The molecule has 1 amide bonds. The molecule has 0 aliphatic carbocycles. The fraction of sp³-hybridized carbons (Fsp3) is 0.348. The number of nitrogens with one attached hydrogen (secondary N) is 1. The van der Waals surface area contributed by atoms with Crippen molar-refractivity contribution in [3.8, 4) is 11.4 Å². The Bertz CT molecular complexity index is 999. The van der Waals surface area contributed by atoms with Crippen LogP contribution < -0.4 is 5.32 Å². The largest absolute Gasteiger partial charge is 0.326 e. The first-order valence-electron chi connectivity index (χ1n) is 10.2. The molecule has 0 spiro atoms. The van der Waals surface area contributed by atoms with Crippen LogP contribution >= 0.6 is 11.6 Å². The topological polar surface area (TPSA) is 59.8 Å². The minimum absolute atomic E-state index is 0.0213. The molecule has 1 atom stereocenters. The van der Waals surface area contributed by atoms with Crippen LogP contribution in [0.2, 0.25) is 5.02 Å². The zero-order valence-electron chi connectivity index (χ0n) is 16.6. The maximum Gasteiger partial charge on any atom is 0.231 e. The van der Waals surface area contributed by atoms with E-state index in [1.165, 1.54) is 6.42 Å². The highest BCUT2D eigenvalue weighted by Gasteiger charge is 2.21. The Morgan fingerprint density at radius 1 is 1.14 bits per heavy atom. The third-order valence-corrected chi connectivity index (χ3v) is 5.84. The van der Waals surface area contributed by atoms with Crippen LogP contribution in [-0.2, 0) is 17.8 Å². The van der Waals surface area contributed by atoms with E-state index >= 15 is 0 Å². The molecule has 1 unspecified atom stereocenters. The Hall–Kier alpha value is -2.66. The smallest absolute Gasteiger partial charge is 0.231 e. The van der Waals surface area contributed by atoms with Gasteiger partial charge >= 0.3 is 0 Å². The lowest BCUT2D eigenvalue weighted by Crippen LogP contribution is -2.20. The summed E-state index contributed by atoms with van der Waals surface area (Å²) in [4.78, 5) is 12.9. The van der Waals surface area contributed by atoms with Crippen molar-refractivity contribution < 1.29 is 4.79 Å². The lowest BCUT2D eigenvalue weighted by molar-refractivity contribution is -0.117. The van der Waals surface area contributed by atoms with Crippen molar-refractivity contribution >= 4 is 23.2 Å². The van der Waals surface area contributed by atoms with Gasteiger partial charge in [0.25, 0.3) is 0 Å². The number of carbonyl (C=O) groups is 1. The van der Waals surface area contributed by atoms with E-state index in [-0.39, 0.29) is 11.8 Å². The van der Waals surface area contributed by atoms with Gasteiger partial charge in [-0.25, -0.2) is 0 Å². The summed E-state index contributed by atoms with van der Waals surface area (Å²) < 4.78 is 2.17. The summed E-state index contributed by atoms with van der Waals surface area (Å²) in [7, 11) is 0. The van der Waals surface area contributed by atoms with E-state index in [9.17, 15) is 4.79 Å². The fourth-order valence-electron chi connectivity index (χ4n) is 3.95. The molecule has 2 heterocycles. The predicted molar refractivity (Wildman–Crippen MR) is 116 cm³/mol. The number of amides is 1. The average molecular weight is 409 g/mol. The van der Waals surface area contributed by atoms with Gasteiger partial charge in [-0.2, -0.15) is 0 Å². The van der Waals surface area contributed by atoms with Crippen LogP contribution in [0.4, 0.5) is 5.69 Å². The van der Waals surface area contributed by atoms with Crippen LogP contribution in [-0.4, -0.2) is 20.7 Å². The molecule has 0 bridgehead atoms. The molecule has 150 valence electrons. The van der Waals surface area contributed by atoms with Gasteiger partial charge in [0.15, 0.2) is 5.82 Å². The SMILES string of the molecule is CCC(C(=O)Nc1ccc(Cl)c(-c2nnc3n2CCCCC3)c1)c1ccccc1. The molecule has 0 radical (unpaired) electrons. The molecule has 4 rings (SSSR count). The maximum absolute atomic E-state index is 12.9. The number of hydrogen-bond donors (Lipinski definition) is 1. The van der Waals surface area contributed by atoms with Gasteiger partial charge < -0.3 is 9.88 Å². The lowest BCUT2D eigenvalue weighted by atomic mass is 9.95. The van der Waals surface area contributed by atoms with E-state index in [1.54, 1.807) is 0 Å². The number of hydrogen-bond acceptors (Lipinski definition) is 3. The second kappa shape index (κ2) is 8.78. The summed E-state index contributed by atoms with van der Waals surface area (Å²) in [6.07, 6.45) is 5.12. The van der Waals surface area contributed by atoms with Gasteiger partial charge in [0.05, 0.1) is 10.9 Å². The first-order valence-corrected chi connectivity index (χ1v) is 10.6. The second-order valence-corrected chi connectivity index (χ2v) is 7.86. The van der Waals surface area contributed by atoms with E-state index in [0.29, 0.717) is 5.02 Å². The second-order valence-electron chi connectivity index (χ2n) is 7.46. The summed E-state index contributed by atoms with van der Waals surface area (Å²) in [5.74, 6) is 1.57. The number of anilines is 1. The first-order chi connectivity index (χ1) is 14.2. The third-order valence-electron chi connectivity index (χ3n) is 5.51. The quantitative estimate of drug-likeness (QED) is 0.610. The summed E-state index contributed by atoms with van der Waals surface area (Å²) in [6, 6.07) is 15.4. The zero-order valence-corrected chi connectivity index (χ0v) is 17.3. The Kier molecular flexibility index (Phi) is 5.95. The van der Waals surface area contributed by atoms with Crippen molar-refractivity contribution in [1.82, 2.24) is 14.8 Å². The molecule has 0 saturated heterocycles. The summed E-state index contributed by atoms with van der Waals surface area (Å²) >= 11 is 6.50. The van der Waals surface area contributed by atoms with Crippen molar-refractivity contribution in [2.75, 3.05) is 5.32 Å². The third kappa shape index (κ3) is 4.20. The Labute approximate surface area is 176 Å². The summed E-state index contributed by atoms with van der Waals surface area (Å²) in [5, 5.41) is 12.4. The molecule has 29 heavy (non-hydrogen) atoms. The number of fused-ring (bicyclic) bond motifs is 1. The highest BCUT2D eigenvalue weighted by atomic mass is 35.5. The van der Waals surface area contributed by atoms with Gasteiger partial charge in [0, 0.05) is 24.2 Å². The minimum atomic E-state index is -0.195. The van der Waals surface area contributed by atoms with Crippen LogP contribution in [0.3, 0.4) is 0 Å². The van der Waals surface area contributed by atoms with Crippen molar-refractivity contribution in [1.29, 1.82) is 0 Å². The van der Waals surface area contributed by atoms with Crippen LogP contribution in [0.15, 0.2) is 48.5 Å². The molecule has 2 aromatic carbocycles. The van der Waals surface area contributed by atoms with Gasteiger partial charge in [-0.1, -0.05) is 55.3 Å². The van der Waals surface area contributed by atoms with Crippen LogP contribution in [0.5, 0.6) is 0 Å². The van der Waals surface area contributed by atoms with E-state index in [2.05, 4.69) is 20.1 Å². The average Bonchev–Trinajstić information content (AvgIpc) is 2.98. The number of carbonyl (C=O) groups excluding carboxylic acids is 1. The lowest BCUT2D eigenvalue weighted by Gasteiger charge is -2.16. The fourth-order valence-corrected chi connectivity index (χ4v) is 4.15. The van der Waals surface area contributed by atoms with Crippen molar-refractivity contribution in [2.45, 2.75) is 51.5 Å². The van der Waals surface area contributed by atoms with E-state index < -0.39 is 0 Å². The van der Waals surface area contributed by atoms with Gasteiger partial charge in [-0.05, 0) is 43.0 Å². The molecule has 1 aliphatic heterocycles. The molecule has 5 nitrogen and oxygen atoms in total. The highest BCUT2D eigenvalue weighted by molar-refractivity contribution is 6.33. The Morgan fingerprint density at radius 2 is 1.97 bits per heavy atom. The number of rotatable bonds is 5. The first kappa shape index (κ1) is 19.6. The normalized spacial score (nSPS) is 14.7. The molecular weight excluding hydrogens is 384 g/mol. The maximum atomic E-state index is 12.9. The molecule has 1 N–H and O–H groups in total. The number of benzene rings is 2. The van der Waals surface area contributed by atoms with Gasteiger partial charge in [0.1, 0.15) is 5.82 Å². The molecule has 3 aromatic rings. The van der Waals surface area contributed by atoms with E-state index in [4.69, 9.17) is 11.6 Å². The number of nitrogens with zero attached hydrogens (tertiary/aromatic N) is 3. The number of aryl methyl sites for hydroxylation is 1. The summed E-state index contributed by atoms with van der Waals surface area (Å²) in [6.45, 7) is 2.92. The van der Waals surface area contributed by atoms with Gasteiger partial charge in [-0.3, -0.25) is 4.79 Å². The standard InChI is InChI=1S/C23H25ClN4O/c1-2-18(16-9-5-3-6-10-16)23(29)25-17-12-13-20(24)19(15-17)22-27-26-21-11-7-4-8-14-28(21)22/h3,5-6,9-10,12-13,15,18H,2,4,7-8,11,14H2,1H3,(H,25,29). The van der Waals surface area contributed by atoms with E-state index in [0.717, 1.165) is 60.7 Å². The Morgan fingerprint density at radius 3 is 2.76 bits per heavy atom. The van der Waals surface area contributed by atoms with Crippen LogP contribution in [0.1, 0.15) is 49.9 Å². The van der Waals surface area contributed by atoms with Crippen LogP contribution in [0.25, 0.3) is 11.4 Å². The molecule has 6 heteroatoms. The van der Waals surface area contributed by atoms with Gasteiger partial charge in [0.2, 0.25) is 5.91 Å². The summed E-state index contributed by atoms with van der Waals surface area (Å²) in [5.41, 5.74) is 2.54. The molecule has 1 aromatic heterocycles. The predicted octanol–water partition coefficient (Wildman–Crippen LogP) is 5.46. The van der Waals surface area contributed by atoms with Gasteiger partial charge in [-0.15, -0.1) is 10.2 Å². The molecular formula is C23H25ClN4O. The Balaban J connectivity index is 1.61. The van der Waals surface area contributed by atoms with Crippen LogP contribution in [0, 0.1) is 0 Å². The van der Waals surface area contributed by atoms with E-state index in [1.807, 2.05) is 55.5 Å². The minimum Gasteiger partial charge on any atom is -0.326 e. The number of halogens is 1. The van der Waals surface area contributed by atoms with Crippen molar-refractivity contribution in [2.24, 2.45) is 0 Å². The monoisotopic (exact) mass is 408 g/mol. The molecule has 0 saturated carbocycles. The highest BCUT2D eigenvalue weighted by Crippen LogP contribution is 2.32. The van der Waals surface area contributed by atoms with Crippen molar-refractivity contribution in [3.05, 3.63) is 64.9 Å². The molecule has 0 fully saturated rings. The zero-order chi connectivity index (χ0) is 20.2. The number of aromatic nitrogens is 3. The van der Waals surface area contributed by atoms with Crippen molar-refractivity contribution in [3.63, 3.8) is 0 Å².